The number of carbonyl (C=O) groups is 1. The molecule has 0 bridgehead atoms. The van der Waals surface area contributed by atoms with Crippen LogP contribution in [0, 0.1) is 55.7 Å². The molecule has 6 fully saturated rings. The number of ether oxygens (including phenoxy) is 3. The van der Waals surface area contributed by atoms with Crippen molar-refractivity contribution in [2.75, 3.05) is 19.8 Å². The number of aliphatic carboxylic acids is 1. The summed E-state index contributed by atoms with van der Waals surface area (Å²) < 4.78 is 19.6. The minimum atomic E-state index is -1.47. The van der Waals surface area contributed by atoms with Crippen LogP contribution in [0.25, 0.3) is 0 Å². The maximum absolute atomic E-state index is 13.4. The quantitative estimate of drug-likeness (QED) is 0.136. The zero-order valence-corrected chi connectivity index (χ0v) is 34.3. The average molecular weight is 781 g/mol. The standard InChI is InChI=1S/C46H68O10/c1-40(26-47)17-19-46(39(52)53)20-18-43(4)29(30(46)21-40)13-14-33-41(2)22-32(54-24-28-11-7-6-8-12-28)37(56-38-36(51)35(50)31(49)25-55-38)42(3,27-48)34(41)23-45(44(33,43)5)15-9-10-16-45/h6-8,11-13,30-38,47-51H,9-10,14-27H2,1-5H3,(H,52,53)/t30-,31+,32+,33-,34+,35-,36+,37+,38+,40+,41+,42-,43-,44+,46+/m0/s1. The molecule has 0 amide bonds. The zero-order valence-electron chi connectivity index (χ0n) is 34.3. The van der Waals surface area contributed by atoms with E-state index < -0.39 is 53.6 Å². The lowest BCUT2D eigenvalue weighted by Crippen LogP contribution is -2.73. The van der Waals surface area contributed by atoms with Crippen LogP contribution in [0.3, 0.4) is 0 Å². The van der Waals surface area contributed by atoms with Crippen LogP contribution in [0.2, 0.25) is 0 Å². The number of hydrogen-bond acceptors (Lipinski definition) is 9. The molecular weight excluding hydrogens is 712 g/mol. The maximum Gasteiger partial charge on any atom is 0.310 e. The number of aliphatic hydroxyl groups excluding tert-OH is 5. The largest absolute Gasteiger partial charge is 0.481 e. The van der Waals surface area contributed by atoms with Gasteiger partial charge in [-0.25, -0.2) is 0 Å². The molecule has 5 saturated carbocycles. The predicted octanol–water partition coefficient (Wildman–Crippen LogP) is 6.01. The first-order valence-corrected chi connectivity index (χ1v) is 21.6. The normalized spacial score (nSPS) is 49.6. The van der Waals surface area contributed by atoms with Gasteiger partial charge in [0.25, 0.3) is 0 Å². The van der Waals surface area contributed by atoms with E-state index in [4.69, 9.17) is 14.2 Å². The van der Waals surface area contributed by atoms with Crippen LogP contribution in [0.4, 0.5) is 0 Å². The number of rotatable bonds is 8. The molecule has 6 aliphatic carbocycles. The minimum absolute atomic E-state index is 0.0154. The highest BCUT2D eigenvalue weighted by atomic mass is 16.7. The minimum Gasteiger partial charge on any atom is -0.481 e. The SMILES string of the molecule is C[C@@]1(CO)CC[C@@]2(C(=O)O)CC[C@@]3(C)C(=CC[C@H]4[C@@]5(C)C[C@@H](OCc6ccccc6)[C@@H](O[C@H]6OC[C@@H](O)[C@H](O)[C@H]6O)[C@@](C)(CO)[C@@H]5CC5(CCCC5)[C@]43C)[C@@H]2C1. The van der Waals surface area contributed by atoms with Crippen molar-refractivity contribution in [3.8, 4) is 0 Å². The van der Waals surface area contributed by atoms with E-state index in [0.29, 0.717) is 32.3 Å². The van der Waals surface area contributed by atoms with Gasteiger partial charge in [-0.1, -0.05) is 89.4 Å². The van der Waals surface area contributed by atoms with E-state index in [-0.39, 0.29) is 64.6 Å². The molecule has 6 N–H and O–H groups in total. The molecule has 15 atom stereocenters. The summed E-state index contributed by atoms with van der Waals surface area (Å²) in [4.78, 5) is 13.4. The van der Waals surface area contributed by atoms with E-state index in [9.17, 15) is 35.4 Å². The summed E-state index contributed by atoms with van der Waals surface area (Å²) in [5, 5.41) is 65.4. The van der Waals surface area contributed by atoms with Crippen molar-refractivity contribution in [1.29, 1.82) is 0 Å². The van der Waals surface area contributed by atoms with Gasteiger partial charge in [0.1, 0.15) is 18.3 Å². The van der Waals surface area contributed by atoms with E-state index in [1.807, 2.05) is 30.3 Å². The highest BCUT2D eigenvalue weighted by Gasteiger charge is 2.77. The molecule has 0 aromatic heterocycles. The molecule has 1 aliphatic heterocycles. The van der Waals surface area contributed by atoms with E-state index in [1.165, 1.54) is 5.57 Å². The summed E-state index contributed by atoms with van der Waals surface area (Å²) in [5.74, 6) is -0.597. The van der Waals surface area contributed by atoms with Gasteiger partial charge >= 0.3 is 5.97 Å². The molecule has 1 spiro atoms. The lowest BCUT2D eigenvalue weighted by molar-refractivity contribution is -0.341. The third-order valence-corrected chi connectivity index (χ3v) is 18.5. The van der Waals surface area contributed by atoms with Crippen molar-refractivity contribution in [3.63, 3.8) is 0 Å². The molecule has 56 heavy (non-hydrogen) atoms. The Bertz CT molecular complexity index is 1660. The highest BCUT2D eigenvalue weighted by molar-refractivity contribution is 5.76. The summed E-state index contributed by atoms with van der Waals surface area (Å²) in [6.07, 6.45) is 6.14. The van der Waals surface area contributed by atoms with Gasteiger partial charge in [-0.2, -0.15) is 0 Å². The van der Waals surface area contributed by atoms with E-state index in [0.717, 1.165) is 56.9 Å². The first-order valence-electron chi connectivity index (χ1n) is 21.6. The van der Waals surface area contributed by atoms with Crippen LogP contribution >= 0.6 is 0 Å². The monoisotopic (exact) mass is 780 g/mol. The topological polar surface area (TPSA) is 166 Å². The highest BCUT2D eigenvalue weighted by Crippen LogP contribution is 2.82. The molecule has 1 aromatic carbocycles. The summed E-state index contributed by atoms with van der Waals surface area (Å²) in [7, 11) is 0. The third-order valence-electron chi connectivity index (χ3n) is 18.5. The van der Waals surface area contributed by atoms with Crippen LogP contribution in [0.1, 0.15) is 117 Å². The second kappa shape index (κ2) is 14.1. The molecule has 10 heteroatoms. The Morgan fingerprint density at radius 2 is 1.54 bits per heavy atom. The fourth-order valence-electron chi connectivity index (χ4n) is 15.1. The van der Waals surface area contributed by atoms with Gasteiger partial charge in [0, 0.05) is 12.0 Å². The number of hydrogen-bond donors (Lipinski definition) is 6. The van der Waals surface area contributed by atoms with E-state index >= 15 is 0 Å². The van der Waals surface area contributed by atoms with Crippen molar-refractivity contribution in [3.05, 3.63) is 47.5 Å². The van der Waals surface area contributed by atoms with Crippen molar-refractivity contribution in [2.45, 2.75) is 155 Å². The van der Waals surface area contributed by atoms with Crippen LogP contribution in [-0.4, -0.2) is 93.2 Å². The predicted molar refractivity (Wildman–Crippen MR) is 209 cm³/mol. The molecule has 8 rings (SSSR count). The molecule has 312 valence electrons. The van der Waals surface area contributed by atoms with Crippen molar-refractivity contribution < 1.29 is 49.6 Å². The lowest BCUT2D eigenvalue weighted by atomic mass is 9.28. The fraction of sp³-hybridized carbons (Fsp3) is 0.804. The summed E-state index contributed by atoms with van der Waals surface area (Å²) in [5.41, 5.74) is -0.437. The van der Waals surface area contributed by atoms with Crippen molar-refractivity contribution in [2.24, 2.45) is 55.7 Å². The van der Waals surface area contributed by atoms with E-state index in [2.05, 4.69) is 40.7 Å². The number of allylic oxidation sites excluding steroid dienone is 2. The lowest BCUT2D eigenvalue weighted by Gasteiger charge is -2.77. The Morgan fingerprint density at radius 3 is 2.20 bits per heavy atom. The second-order valence-corrected chi connectivity index (χ2v) is 20.9. The molecular formula is C46H68O10. The van der Waals surface area contributed by atoms with Crippen LogP contribution in [-0.2, 0) is 25.6 Å². The first kappa shape index (κ1) is 40.9. The van der Waals surface area contributed by atoms with Gasteiger partial charge in [0.15, 0.2) is 6.29 Å². The fourth-order valence-corrected chi connectivity index (χ4v) is 15.1. The summed E-state index contributed by atoms with van der Waals surface area (Å²) in [6, 6.07) is 10.0. The van der Waals surface area contributed by atoms with Crippen molar-refractivity contribution >= 4 is 5.97 Å². The van der Waals surface area contributed by atoms with Crippen molar-refractivity contribution in [1.82, 2.24) is 0 Å². The van der Waals surface area contributed by atoms with Gasteiger partial charge in [-0.05, 0) is 115 Å². The number of aliphatic hydroxyl groups is 5. The smallest absolute Gasteiger partial charge is 0.310 e. The van der Waals surface area contributed by atoms with Gasteiger partial charge < -0.3 is 44.8 Å². The Hall–Kier alpha value is -1.89. The van der Waals surface area contributed by atoms with Crippen LogP contribution in [0.15, 0.2) is 42.0 Å². The Morgan fingerprint density at radius 1 is 0.839 bits per heavy atom. The number of benzene rings is 1. The molecule has 7 aliphatic rings. The van der Waals surface area contributed by atoms with Crippen LogP contribution in [0.5, 0.6) is 0 Å². The molecule has 10 nitrogen and oxygen atoms in total. The Labute approximate surface area is 333 Å². The number of fused-ring (bicyclic) bond motifs is 8. The van der Waals surface area contributed by atoms with E-state index in [1.54, 1.807) is 0 Å². The maximum atomic E-state index is 13.4. The molecule has 1 heterocycles. The van der Waals surface area contributed by atoms with Crippen LogP contribution < -0.4 is 0 Å². The molecule has 1 aromatic rings. The average Bonchev–Trinajstić information content (AvgIpc) is 3.67. The Kier molecular flexibility index (Phi) is 10.3. The first-order chi connectivity index (χ1) is 26.5. The second-order valence-electron chi connectivity index (χ2n) is 20.9. The Balaban J connectivity index is 1.24. The van der Waals surface area contributed by atoms with Gasteiger partial charge in [0.05, 0.1) is 37.4 Å². The zero-order chi connectivity index (χ0) is 40.1. The summed E-state index contributed by atoms with van der Waals surface area (Å²) >= 11 is 0. The van der Waals surface area contributed by atoms with Gasteiger partial charge in [-0.15, -0.1) is 0 Å². The number of carboxylic acid groups (broad SMARTS) is 1. The molecule has 0 unspecified atom stereocenters. The molecule has 0 radical (unpaired) electrons. The van der Waals surface area contributed by atoms with Gasteiger partial charge in [-0.3, -0.25) is 4.79 Å². The number of carboxylic acids is 1. The molecule has 1 saturated heterocycles. The van der Waals surface area contributed by atoms with Gasteiger partial charge in [0.2, 0.25) is 0 Å². The summed E-state index contributed by atoms with van der Waals surface area (Å²) in [6.45, 7) is 11.8. The third kappa shape index (κ3) is 5.66.